The predicted molar refractivity (Wildman–Crippen MR) is 147 cm³/mol. The second-order valence-electron chi connectivity index (χ2n) is 9.29. The quantitative estimate of drug-likeness (QED) is 0.367. The van der Waals surface area contributed by atoms with Crippen LogP contribution in [0.3, 0.4) is 0 Å². The average Bonchev–Trinajstić information content (AvgIpc) is 3.25. The van der Waals surface area contributed by atoms with Crippen LogP contribution in [-0.2, 0) is 4.79 Å². The van der Waals surface area contributed by atoms with Gasteiger partial charge in [-0.2, -0.15) is 9.97 Å². The molecule has 0 radical (unpaired) electrons. The first kappa shape index (κ1) is 25.8. The SMILES string of the molecule is C=CC(=O)N1CCC[C@@H](Nc2nc(N/C(C)=C/C=C(\C=C)N3CCN(C)CC3)nc3[nH]cc(Cl)c23)C1. The van der Waals surface area contributed by atoms with Gasteiger partial charge in [-0.15, -0.1) is 0 Å². The van der Waals surface area contributed by atoms with E-state index in [1.165, 1.54) is 6.08 Å². The second kappa shape index (κ2) is 11.6. The van der Waals surface area contributed by atoms with Gasteiger partial charge in [0.15, 0.2) is 0 Å². The number of aromatic nitrogens is 3. The van der Waals surface area contributed by atoms with Gasteiger partial charge in [0, 0.05) is 62.9 Å². The Morgan fingerprint density at radius 3 is 2.64 bits per heavy atom. The summed E-state index contributed by atoms with van der Waals surface area (Å²) in [6.45, 7) is 14.9. The van der Waals surface area contributed by atoms with Gasteiger partial charge in [0.2, 0.25) is 11.9 Å². The van der Waals surface area contributed by atoms with Gasteiger partial charge in [0.05, 0.1) is 10.4 Å². The van der Waals surface area contributed by atoms with Crippen molar-refractivity contribution in [1.82, 2.24) is 29.7 Å². The van der Waals surface area contributed by atoms with E-state index >= 15 is 0 Å². The van der Waals surface area contributed by atoms with Crippen molar-refractivity contribution in [2.24, 2.45) is 0 Å². The monoisotopic (exact) mass is 510 g/mol. The fourth-order valence-corrected chi connectivity index (χ4v) is 4.80. The minimum absolute atomic E-state index is 0.0536. The lowest BCUT2D eigenvalue weighted by molar-refractivity contribution is -0.127. The number of allylic oxidation sites excluding steroid dienone is 4. The molecule has 3 N–H and O–H groups in total. The normalized spacial score (nSPS) is 19.9. The summed E-state index contributed by atoms with van der Waals surface area (Å²) in [5.74, 6) is 1.04. The zero-order valence-electron chi connectivity index (χ0n) is 21.1. The molecule has 36 heavy (non-hydrogen) atoms. The van der Waals surface area contributed by atoms with Gasteiger partial charge in [0.1, 0.15) is 11.5 Å². The molecule has 0 bridgehead atoms. The fraction of sp³-hybridized carbons (Fsp3) is 0.423. The Morgan fingerprint density at radius 1 is 1.14 bits per heavy atom. The van der Waals surface area contributed by atoms with Gasteiger partial charge in [-0.3, -0.25) is 4.79 Å². The molecule has 0 aromatic carbocycles. The molecular formula is C26H35ClN8O. The number of anilines is 2. The van der Waals surface area contributed by atoms with Crippen molar-refractivity contribution in [3.63, 3.8) is 0 Å². The highest BCUT2D eigenvalue weighted by molar-refractivity contribution is 6.36. The number of nitrogens with zero attached hydrogens (tertiary/aromatic N) is 5. The van der Waals surface area contributed by atoms with E-state index in [-0.39, 0.29) is 11.9 Å². The van der Waals surface area contributed by atoms with Gasteiger partial charge in [-0.25, -0.2) is 0 Å². The summed E-state index contributed by atoms with van der Waals surface area (Å²) in [4.78, 5) is 31.1. The lowest BCUT2D eigenvalue weighted by Gasteiger charge is -2.34. The smallest absolute Gasteiger partial charge is 0.246 e. The maximum atomic E-state index is 12.1. The van der Waals surface area contributed by atoms with Gasteiger partial charge in [-0.05, 0) is 51.1 Å². The topological polar surface area (TPSA) is 92.4 Å². The summed E-state index contributed by atoms with van der Waals surface area (Å²) in [6.07, 6.45) is 10.9. The zero-order chi connectivity index (χ0) is 25.7. The van der Waals surface area contributed by atoms with Crippen LogP contribution in [0.5, 0.6) is 0 Å². The molecule has 2 aliphatic heterocycles. The van der Waals surface area contributed by atoms with Crippen LogP contribution in [0, 0.1) is 0 Å². The van der Waals surface area contributed by atoms with E-state index in [9.17, 15) is 4.79 Å². The molecule has 1 amide bonds. The number of fused-ring (bicyclic) bond motifs is 1. The number of carbonyl (C=O) groups excluding carboxylic acids is 1. The number of likely N-dealkylation sites (tertiary alicyclic amines) is 1. The first-order chi connectivity index (χ1) is 17.4. The van der Waals surface area contributed by atoms with E-state index in [2.05, 4.69) is 56.7 Å². The molecule has 2 saturated heterocycles. The largest absolute Gasteiger partial charge is 0.369 e. The zero-order valence-corrected chi connectivity index (χ0v) is 21.8. The van der Waals surface area contributed by atoms with Crippen LogP contribution in [0.4, 0.5) is 11.8 Å². The van der Waals surface area contributed by atoms with Gasteiger partial charge >= 0.3 is 0 Å². The number of nitrogens with one attached hydrogen (secondary N) is 3. The molecule has 9 nitrogen and oxygen atoms in total. The van der Waals surface area contributed by atoms with Crippen molar-refractivity contribution in [3.05, 3.63) is 60.1 Å². The third kappa shape index (κ3) is 6.09. The maximum absolute atomic E-state index is 12.1. The Labute approximate surface area is 217 Å². The maximum Gasteiger partial charge on any atom is 0.246 e. The van der Waals surface area contributed by atoms with Gasteiger partial charge < -0.3 is 30.3 Å². The lowest BCUT2D eigenvalue weighted by atomic mass is 10.1. The molecule has 0 saturated carbocycles. The Morgan fingerprint density at radius 2 is 1.92 bits per heavy atom. The average molecular weight is 511 g/mol. The van der Waals surface area contributed by atoms with Crippen LogP contribution in [0.1, 0.15) is 19.8 Å². The molecule has 0 unspecified atom stereocenters. The van der Waals surface area contributed by atoms with Crippen molar-refractivity contribution in [1.29, 1.82) is 0 Å². The number of carbonyl (C=O) groups is 1. The molecule has 10 heteroatoms. The first-order valence-corrected chi connectivity index (χ1v) is 12.7. The van der Waals surface area contributed by atoms with Crippen molar-refractivity contribution < 1.29 is 4.79 Å². The molecule has 1 atom stereocenters. The Bertz CT molecular complexity index is 1180. The summed E-state index contributed by atoms with van der Waals surface area (Å²) in [5.41, 5.74) is 2.63. The molecule has 4 rings (SSSR count). The fourth-order valence-electron chi connectivity index (χ4n) is 4.57. The van der Waals surface area contributed by atoms with Crippen molar-refractivity contribution in [3.8, 4) is 0 Å². The number of hydrogen-bond donors (Lipinski definition) is 3. The number of piperidine rings is 1. The molecule has 192 valence electrons. The van der Waals surface area contributed by atoms with Crippen molar-refractivity contribution >= 4 is 40.3 Å². The van der Waals surface area contributed by atoms with Gasteiger partial charge in [-0.1, -0.05) is 24.8 Å². The van der Waals surface area contributed by atoms with E-state index in [0.717, 1.165) is 62.3 Å². The van der Waals surface area contributed by atoms with E-state index < -0.39 is 0 Å². The van der Waals surface area contributed by atoms with E-state index in [4.69, 9.17) is 16.6 Å². The van der Waals surface area contributed by atoms with Crippen LogP contribution >= 0.6 is 11.6 Å². The predicted octanol–water partition coefficient (Wildman–Crippen LogP) is 3.83. The molecule has 2 fully saturated rings. The third-order valence-electron chi connectivity index (χ3n) is 6.62. The lowest BCUT2D eigenvalue weighted by Crippen LogP contribution is -2.44. The number of aromatic amines is 1. The first-order valence-electron chi connectivity index (χ1n) is 12.3. The molecular weight excluding hydrogens is 476 g/mol. The molecule has 2 aromatic heterocycles. The van der Waals surface area contributed by atoms with Crippen molar-refractivity contribution in [2.75, 3.05) is 56.9 Å². The standard InChI is InChI=1S/C26H35ClN8O/c1-5-20(34-14-12-33(4)13-15-34)10-9-18(3)29-26-31-24-23(21(27)16-28-24)25(32-26)30-19-8-7-11-35(17-19)22(36)6-2/h5-6,9-10,16,19H,1-2,7-8,11-15,17H2,3-4H3,(H3,28,29,30,31,32)/b18-9+,20-10+/t19-/m1/s1. The van der Waals surface area contributed by atoms with Crippen LogP contribution in [-0.4, -0.2) is 87.9 Å². The molecule has 2 aromatic rings. The van der Waals surface area contributed by atoms with Gasteiger partial charge in [0.25, 0.3) is 0 Å². The molecule has 0 spiro atoms. The summed E-state index contributed by atoms with van der Waals surface area (Å²) in [5, 5.41) is 8.08. The van der Waals surface area contributed by atoms with Crippen LogP contribution in [0.25, 0.3) is 11.0 Å². The number of hydrogen-bond acceptors (Lipinski definition) is 7. The number of piperazine rings is 1. The minimum atomic E-state index is -0.0550. The van der Waals surface area contributed by atoms with Crippen molar-refractivity contribution in [2.45, 2.75) is 25.8 Å². The van der Waals surface area contributed by atoms with Crippen LogP contribution < -0.4 is 10.6 Å². The summed E-state index contributed by atoms with van der Waals surface area (Å²) in [7, 11) is 2.14. The molecule has 4 heterocycles. The van der Waals surface area contributed by atoms with Crippen LogP contribution in [0.2, 0.25) is 5.02 Å². The summed E-state index contributed by atoms with van der Waals surface area (Å²) >= 11 is 6.45. The summed E-state index contributed by atoms with van der Waals surface area (Å²) < 4.78 is 0. The number of amides is 1. The van der Waals surface area contributed by atoms with Crippen LogP contribution in [0.15, 0.2) is 55.1 Å². The molecule has 0 aliphatic carbocycles. The highest BCUT2D eigenvalue weighted by Gasteiger charge is 2.24. The van der Waals surface area contributed by atoms with E-state index in [1.54, 1.807) is 11.1 Å². The highest BCUT2D eigenvalue weighted by Crippen LogP contribution is 2.30. The second-order valence-corrected chi connectivity index (χ2v) is 9.70. The Balaban J connectivity index is 1.52. The number of H-pyrrole nitrogens is 1. The summed E-state index contributed by atoms with van der Waals surface area (Å²) in [6, 6.07) is 0.0536. The Kier molecular flexibility index (Phi) is 8.32. The highest BCUT2D eigenvalue weighted by atomic mass is 35.5. The third-order valence-corrected chi connectivity index (χ3v) is 6.92. The van der Waals surface area contributed by atoms with E-state index in [1.807, 2.05) is 19.1 Å². The Hall–Kier alpha value is -3.30. The molecule has 2 aliphatic rings. The van der Waals surface area contributed by atoms with E-state index in [0.29, 0.717) is 29.0 Å². The number of likely N-dealkylation sites (N-methyl/N-ethyl adjacent to an activating group) is 1. The number of halogens is 1. The number of rotatable bonds is 8. The minimum Gasteiger partial charge on any atom is -0.369 e.